The van der Waals surface area contributed by atoms with Crippen molar-refractivity contribution in [2.24, 2.45) is 0 Å². The lowest BCUT2D eigenvalue weighted by molar-refractivity contribution is 0.311. The first-order valence-electron chi connectivity index (χ1n) is 7.00. The fraction of sp³-hybridized carbons (Fsp3) is 0.533. The third kappa shape index (κ3) is 7.82. The summed E-state index contributed by atoms with van der Waals surface area (Å²) in [6.07, 6.45) is 9.66. The van der Waals surface area contributed by atoms with Crippen LogP contribution in [0, 0.1) is 0 Å². The first-order chi connectivity index (χ1) is 9.94. The molecule has 0 aliphatic heterocycles. The molecule has 0 saturated carbocycles. The van der Waals surface area contributed by atoms with E-state index in [-0.39, 0.29) is 5.75 Å². The van der Waals surface area contributed by atoms with Gasteiger partial charge in [0.2, 0.25) is 0 Å². The van der Waals surface area contributed by atoms with Gasteiger partial charge in [-0.3, -0.25) is 4.98 Å². The molecule has 0 fully saturated rings. The van der Waals surface area contributed by atoms with Gasteiger partial charge in [-0.25, -0.2) is 8.42 Å². The van der Waals surface area contributed by atoms with Crippen LogP contribution in [-0.2, 0) is 9.84 Å². The number of aromatic nitrogens is 1. The van der Waals surface area contributed by atoms with Crippen molar-refractivity contribution < 1.29 is 13.2 Å². The molecule has 5 nitrogen and oxygen atoms in total. The predicted octanol–water partition coefficient (Wildman–Crippen LogP) is 1.86. The van der Waals surface area contributed by atoms with E-state index in [0.717, 1.165) is 30.8 Å². The smallest absolute Gasteiger partial charge is 0.148 e. The molecule has 6 heteroatoms. The SMILES string of the molecule is CCN(CC/C=C/c1cncc(OC)c1)CCS(C)(=O)=O. The van der Waals surface area contributed by atoms with E-state index < -0.39 is 9.84 Å². The number of sulfone groups is 1. The molecule has 0 radical (unpaired) electrons. The van der Waals surface area contributed by atoms with E-state index in [4.69, 9.17) is 4.74 Å². The molecule has 0 bridgehead atoms. The zero-order valence-corrected chi connectivity index (χ0v) is 13.8. The summed E-state index contributed by atoms with van der Waals surface area (Å²) >= 11 is 0. The fourth-order valence-corrected chi connectivity index (χ4v) is 2.43. The monoisotopic (exact) mass is 312 g/mol. The second kappa shape index (κ2) is 8.79. The molecule has 1 aromatic heterocycles. The van der Waals surface area contributed by atoms with Crippen LogP contribution >= 0.6 is 0 Å². The Balaban J connectivity index is 2.41. The number of hydrogen-bond acceptors (Lipinski definition) is 5. The fourth-order valence-electron chi connectivity index (χ4n) is 1.84. The van der Waals surface area contributed by atoms with Gasteiger partial charge in [0.05, 0.1) is 19.1 Å². The molecule has 0 aliphatic rings. The van der Waals surface area contributed by atoms with E-state index in [1.54, 1.807) is 19.5 Å². The molecule has 0 amide bonds. The van der Waals surface area contributed by atoms with Crippen LogP contribution < -0.4 is 4.74 Å². The second-order valence-electron chi connectivity index (χ2n) is 4.91. The molecule has 0 unspecified atom stereocenters. The predicted molar refractivity (Wildman–Crippen MR) is 86.3 cm³/mol. The van der Waals surface area contributed by atoms with Crippen LogP contribution in [0.2, 0.25) is 0 Å². The molecule has 0 saturated heterocycles. The molecule has 1 rings (SSSR count). The van der Waals surface area contributed by atoms with E-state index in [9.17, 15) is 8.42 Å². The molecule has 0 spiro atoms. The molecule has 118 valence electrons. The van der Waals surface area contributed by atoms with Gasteiger partial charge >= 0.3 is 0 Å². The van der Waals surface area contributed by atoms with Crippen molar-refractivity contribution in [2.75, 3.05) is 38.8 Å². The van der Waals surface area contributed by atoms with Gasteiger partial charge in [-0.2, -0.15) is 0 Å². The number of methoxy groups -OCH3 is 1. The van der Waals surface area contributed by atoms with Crippen LogP contribution in [-0.4, -0.2) is 57.1 Å². The third-order valence-corrected chi connectivity index (χ3v) is 4.04. The van der Waals surface area contributed by atoms with Crippen LogP contribution in [0.1, 0.15) is 18.9 Å². The lowest BCUT2D eigenvalue weighted by atomic mass is 10.2. The van der Waals surface area contributed by atoms with E-state index in [1.165, 1.54) is 6.26 Å². The van der Waals surface area contributed by atoms with Gasteiger partial charge in [0.1, 0.15) is 15.6 Å². The zero-order chi connectivity index (χ0) is 15.7. The maximum Gasteiger partial charge on any atom is 0.148 e. The Morgan fingerprint density at radius 3 is 2.71 bits per heavy atom. The summed E-state index contributed by atoms with van der Waals surface area (Å²) in [5.74, 6) is 0.949. The molecule has 21 heavy (non-hydrogen) atoms. The molecule has 0 atom stereocenters. The Hall–Kier alpha value is -1.40. The van der Waals surface area contributed by atoms with Crippen molar-refractivity contribution in [1.29, 1.82) is 0 Å². The van der Waals surface area contributed by atoms with Crippen LogP contribution in [0.3, 0.4) is 0 Å². The Bertz CT molecular complexity index is 556. The summed E-state index contributed by atoms with van der Waals surface area (Å²) in [5, 5.41) is 0. The minimum Gasteiger partial charge on any atom is -0.495 e. The minimum absolute atomic E-state index is 0.213. The summed E-state index contributed by atoms with van der Waals surface area (Å²) in [4.78, 5) is 6.22. The first kappa shape index (κ1) is 17.7. The van der Waals surface area contributed by atoms with Gasteiger partial charge in [0.15, 0.2) is 0 Å². The summed E-state index contributed by atoms with van der Waals surface area (Å²) < 4.78 is 27.5. The molecular formula is C15H24N2O3S. The number of rotatable bonds is 9. The lowest BCUT2D eigenvalue weighted by Crippen LogP contribution is -2.29. The number of pyridine rings is 1. The summed E-state index contributed by atoms with van der Waals surface area (Å²) in [6.45, 7) is 4.33. The molecule has 1 heterocycles. The van der Waals surface area contributed by atoms with Crippen LogP contribution in [0.25, 0.3) is 6.08 Å². The number of hydrogen-bond donors (Lipinski definition) is 0. The highest BCUT2D eigenvalue weighted by Gasteiger charge is 2.06. The van der Waals surface area contributed by atoms with Crippen molar-refractivity contribution in [1.82, 2.24) is 9.88 Å². The van der Waals surface area contributed by atoms with E-state index in [0.29, 0.717) is 6.54 Å². The van der Waals surface area contributed by atoms with Gasteiger partial charge in [-0.15, -0.1) is 0 Å². The normalized spacial score (nSPS) is 12.2. The Kier molecular flexibility index (Phi) is 7.39. The van der Waals surface area contributed by atoms with E-state index >= 15 is 0 Å². The topological polar surface area (TPSA) is 59.5 Å². The van der Waals surface area contributed by atoms with Gasteiger partial charge in [-0.05, 0) is 24.6 Å². The molecule has 0 aromatic carbocycles. The average Bonchev–Trinajstić information content (AvgIpc) is 2.45. The summed E-state index contributed by atoms with van der Waals surface area (Å²) in [7, 11) is -1.28. The molecule has 0 N–H and O–H groups in total. The van der Waals surface area contributed by atoms with Crippen molar-refractivity contribution in [3.05, 3.63) is 30.1 Å². The van der Waals surface area contributed by atoms with E-state index in [2.05, 4.69) is 16.0 Å². The highest BCUT2D eigenvalue weighted by Crippen LogP contribution is 2.11. The summed E-state index contributed by atoms with van der Waals surface area (Å²) in [6, 6.07) is 1.92. The standard InChI is InChI=1S/C15H24N2O3S/c1-4-17(9-10-21(3,18)19)8-6-5-7-14-11-15(20-2)13-16-12-14/h5,7,11-13H,4,6,8-10H2,1-3H3/b7-5+. The van der Waals surface area contributed by atoms with Gasteiger partial charge < -0.3 is 9.64 Å². The van der Waals surface area contributed by atoms with Crippen molar-refractivity contribution >= 4 is 15.9 Å². The first-order valence-corrected chi connectivity index (χ1v) is 9.06. The van der Waals surface area contributed by atoms with E-state index in [1.807, 2.05) is 19.1 Å². The highest BCUT2D eigenvalue weighted by atomic mass is 32.2. The molecular weight excluding hydrogens is 288 g/mol. The van der Waals surface area contributed by atoms with Gasteiger partial charge in [0.25, 0.3) is 0 Å². The van der Waals surface area contributed by atoms with Crippen molar-refractivity contribution in [2.45, 2.75) is 13.3 Å². The van der Waals surface area contributed by atoms with Crippen LogP contribution in [0.15, 0.2) is 24.5 Å². The van der Waals surface area contributed by atoms with Crippen molar-refractivity contribution in [3.8, 4) is 5.75 Å². The Morgan fingerprint density at radius 1 is 1.33 bits per heavy atom. The lowest BCUT2D eigenvalue weighted by Gasteiger charge is -2.18. The summed E-state index contributed by atoms with van der Waals surface area (Å²) in [5.41, 5.74) is 0.994. The number of ether oxygens (including phenoxy) is 1. The van der Waals surface area contributed by atoms with Crippen LogP contribution in [0.5, 0.6) is 5.75 Å². The Morgan fingerprint density at radius 2 is 2.10 bits per heavy atom. The highest BCUT2D eigenvalue weighted by molar-refractivity contribution is 7.90. The zero-order valence-electron chi connectivity index (χ0n) is 12.9. The van der Waals surface area contributed by atoms with Gasteiger partial charge in [0, 0.05) is 25.5 Å². The third-order valence-electron chi connectivity index (χ3n) is 3.12. The molecule has 1 aromatic rings. The van der Waals surface area contributed by atoms with Crippen molar-refractivity contribution in [3.63, 3.8) is 0 Å². The second-order valence-corrected chi connectivity index (χ2v) is 7.17. The maximum absolute atomic E-state index is 11.2. The quantitative estimate of drug-likeness (QED) is 0.696. The Labute approximate surface area is 127 Å². The maximum atomic E-state index is 11.2. The van der Waals surface area contributed by atoms with Gasteiger partial charge in [-0.1, -0.05) is 19.1 Å². The number of nitrogens with zero attached hydrogens (tertiary/aromatic N) is 2. The average molecular weight is 312 g/mol. The minimum atomic E-state index is -2.89. The van der Waals surface area contributed by atoms with Crippen LogP contribution in [0.4, 0.5) is 0 Å². The largest absolute Gasteiger partial charge is 0.495 e. The molecule has 0 aliphatic carbocycles.